The van der Waals surface area contributed by atoms with Crippen molar-refractivity contribution in [2.24, 2.45) is 0 Å². The van der Waals surface area contributed by atoms with E-state index < -0.39 is 90.7 Å². The molecule has 2 aliphatic carbocycles. The number of urea groups is 1. The summed E-state index contributed by atoms with van der Waals surface area (Å²) in [5.74, 6) is -11.0. The molecule has 2 aromatic carbocycles. The number of carbonyl (C=O) groups is 3. The average Bonchev–Trinajstić information content (AvgIpc) is 3.72. The molecule has 4 heterocycles. The fraction of sp³-hybridized carbons (Fsp3) is 0.500. The van der Waals surface area contributed by atoms with Crippen LogP contribution < -0.4 is 5.32 Å². The Bertz CT molecular complexity index is 1980. The minimum atomic E-state index is -5.37. The number of fused-ring (bicyclic) bond motifs is 2. The number of ether oxygens (including phenoxy) is 1. The van der Waals surface area contributed by atoms with Crippen LogP contribution in [0.5, 0.6) is 0 Å². The van der Waals surface area contributed by atoms with E-state index in [1.54, 1.807) is 17.1 Å². The van der Waals surface area contributed by atoms with Crippen molar-refractivity contribution in [3.63, 3.8) is 0 Å². The summed E-state index contributed by atoms with van der Waals surface area (Å²) < 4.78 is 124. The van der Waals surface area contributed by atoms with Crippen molar-refractivity contribution in [1.82, 2.24) is 29.8 Å². The lowest BCUT2D eigenvalue weighted by atomic mass is 9.71. The van der Waals surface area contributed by atoms with E-state index in [-0.39, 0.29) is 27.0 Å². The third-order valence-corrected chi connectivity index (χ3v) is 11.5. The van der Waals surface area contributed by atoms with Crippen LogP contribution in [0.25, 0.3) is 11.1 Å². The second-order valence-electron chi connectivity index (χ2n) is 14.9. The van der Waals surface area contributed by atoms with Crippen molar-refractivity contribution >= 4 is 17.8 Å². The van der Waals surface area contributed by atoms with Crippen LogP contribution in [0.3, 0.4) is 0 Å². The van der Waals surface area contributed by atoms with E-state index in [2.05, 4.69) is 15.3 Å². The van der Waals surface area contributed by atoms with E-state index in [9.17, 15) is 40.7 Å². The molecule has 1 saturated carbocycles. The number of piperidine rings is 1. The van der Waals surface area contributed by atoms with Gasteiger partial charge in [-0.25, -0.2) is 26.7 Å². The molecule has 5 aliphatic rings. The molecule has 0 radical (unpaired) electrons. The van der Waals surface area contributed by atoms with E-state index in [4.69, 9.17) is 4.74 Å². The summed E-state index contributed by atoms with van der Waals surface area (Å²) in [6.45, 7) is 0.900. The molecule has 0 unspecified atom stereocenters. The van der Waals surface area contributed by atoms with Gasteiger partial charge in [-0.1, -0.05) is 24.3 Å². The van der Waals surface area contributed by atoms with E-state index in [0.29, 0.717) is 17.2 Å². The van der Waals surface area contributed by atoms with Gasteiger partial charge in [0, 0.05) is 49.8 Å². The van der Waals surface area contributed by atoms with Gasteiger partial charge in [0.15, 0.2) is 5.54 Å². The first-order chi connectivity index (χ1) is 25.4. The second-order valence-corrected chi connectivity index (χ2v) is 14.9. The Labute approximate surface area is 303 Å². The van der Waals surface area contributed by atoms with Crippen LogP contribution in [-0.4, -0.2) is 98.9 Å². The van der Waals surface area contributed by atoms with E-state index in [1.165, 1.54) is 18.2 Å². The molecule has 54 heavy (non-hydrogen) atoms. The first-order valence-corrected chi connectivity index (χ1v) is 17.4. The molecular formula is C36H34F8N6O4. The maximum Gasteiger partial charge on any atom is 0.412 e. The van der Waals surface area contributed by atoms with Gasteiger partial charge in [-0.2, -0.15) is 18.3 Å². The molecule has 10 nitrogen and oxygen atoms in total. The number of nitrogens with one attached hydrogen (secondary N) is 1. The fourth-order valence-electron chi connectivity index (χ4n) is 8.45. The van der Waals surface area contributed by atoms with Crippen molar-refractivity contribution in [3.8, 4) is 11.1 Å². The molecule has 3 aromatic rings. The maximum absolute atomic E-state index is 15.8. The van der Waals surface area contributed by atoms with Crippen LogP contribution in [-0.2, 0) is 32.3 Å². The number of aromatic nitrogens is 2. The van der Waals surface area contributed by atoms with Gasteiger partial charge in [-0.15, -0.1) is 0 Å². The Balaban J connectivity index is 1.03. The molecule has 1 atom stereocenters. The SMILES string of the molecule is O=C1N[C@]2(CC(F)(F)c3cc(-c4cnn(C5CCN(C6COC6)CC5)c4)ccc32)C(=O)N1CC(=O)N(Cc1ccc(F)cc1)C1(C(F)(F)F)CC(F)(F)C1. The largest absolute Gasteiger partial charge is 0.412 e. The standard InChI is InChI=1S/C36H34F8N6O4/c37-24-4-1-21(2-5-24)13-49(32(36(42,43)44)18-33(38,39)19-32)29(51)15-48-30(52)34(46-31(48)53)20-35(40,41)28-11-22(3-6-27(28)34)23-12-45-50(14-23)25-7-9-47(10-8-25)26-16-54-17-26/h1-6,11-12,14,25-26H,7-10,13,15-20H2,(H,46,53)/t34-/m0/s1. The smallest absolute Gasteiger partial charge is 0.378 e. The van der Waals surface area contributed by atoms with Crippen LogP contribution >= 0.6 is 0 Å². The highest BCUT2D eigenvalue weighted by Crippen LogP contribution is 2.58. The number of hydrogen-bond acceptors (Lipinski definition) is 6. The second kappa shape index (κ2) is 12.5. The zero-order valence-electron chi connectivity index (χ0n) is 28.5. The average molecular weight is 767 g/mol. The van der Waals surface area contributed by atoms with Gasteiger partial charge in [0.2, 0.25) is 5.91 Å². The number of amides is 4. The Morgan fingerprint density at radius 3 is 2.22 bits per heavy atom. The van der Waals surface area contributed by atoms with Gasteiger partial charge >= 0.3 is 12.2 Å². The molecule has 1 N–H and O–H groups in total. The number of carbonyl (C=O) groups excluding carboxylic acids is 3. The van der Waals surface area contributed by atoms with Crippen LogP contribution in [0.1, 0.15) is 54.8 Å². The van der Waals surface area contributed by atoms with E-state index >= 15 is 8.78 Å². The molecule has 288 valence electrons. The zero-order chi connectivity index (χ0) is 38.4. The van der Waals surface area contributed by atoms with Gasteiger partial charge in [0.1, 0.15) is 17.9 Å². The number of benzene rings is 2. The maximum atomic E-state index is 15.8. The molecule has 18 heteroatoms. The number of halogens is 8. The number of likely N-dealkylation sites (tertiary alicyclic amines) is 1. The molecule has 0 bridgehead atoms. The zero-order valence-corrected chi connectivity index (χ0v) is 28.5. The molecule has 1 aromatic heterocycles. The highest BCUT2D eigenvalue weighted by molar-refractivity contribution is 6.10. The molecule has 3 aliphatic heterocycles. The van der Waals surface area contributed by atoms with Crippen molar-refractivity contribution in [3.05, 3.63) is 77.4 Å². The third kappa shape index (κ3) is 5.92. The van der Waals surface area contributed by atoms with Crippen molar-refractivity contribution < 1.29 is 54.2 Å². The summed E-state index contributed by atoms with van der Waals surface area (Å²) in [6, 6.07) is 7.09. The molecule has 8 rings (SSSR count). The van der Waals surface area contributed by atoms with E-state index in [1.807, 2.05) is 0 Å². The first kappa shape index (κ1) is 36.4. The van der Waals surface area contributed by atoms with Gasteiger partial charge < -0.3 is 15.0 Å². The number of alkyl halides is 7. The number of hydrogen-bond donors (Lipinski definition) is 1. The van der Waals surface area contributed by atoms with E-state index in [0.717, 1.165) is 63.4 Å². The predicted molar refractivity (Wildman–Crippen MR) is 172 cm³/mol. The minimum absolute atomic E-state index is 0.0483. The minimum Gasteiger partial charge on any atom is -0.378 e. The molecule has 4 amide bonds. The lowest BCUT2D eigenvalue weighted by Gasteiger charge is -2.54. The Kier molecular flexibility index (Phi) is 8.41. The summed E-state index contributed by atoms with van der Waals surface area (Å²) in [6.07, 6.45) is -5.16. The fourth-order valence-corrected chi connectivity index (χ4v) is 8.45. The van der Waals surface area contributed by atoms with Crippen LogP contribution in [0.4, 0.5) is 39.9 Å². The van der Waals surface area contributed by atoms with Crippen molar-refractivity contribution in [2.45, 2.75) is 79.8 Å². The van der Waals surface area contributed by atoms with Crippen molar-refractivity contribution in [2.75, 3.05) is 32.8 Å². The lowest BCUT2D eigenvalue weighted by Crippen LogP contribution is -2.71. The summed E-state index contributed by atoms with van der Waals surface area (Å²) in [7, 11) is 0. The molecule has 1 spiro atoms. The highest BCUT2D eigenvalue weighted by Gasteiger charge is 2.73. The monoisotopic (exact) mass is 766 g/mol. The molecule has 4 fully saturated rings. The highest BCUT2D eigenvalue weighted by atomic mass is 19.4. The number of imide groups is 1. The number of rotatable bonds is 8. The molecular weight excluding hydrogens is 732 g/mol. The Morgan fingerprint density at radius 1 is 0.926 bits per heavy atom. The van der Waals surface area contributed by atoms with Crippen LogP contribution in [0.2, 0.25) is 0 Å². The Morgan fingerprint density at radius 2 is 1.61 bits per heavy atom. The summed E-state index contributed by atoms with van der Waals surface area (Å²) in [4.78, 5) is 43.6. The topological polar surface area (TPSA) is 100 Å². The van der Waals surface area contributed by atoms with Crippen molar-refractivity contribution in [1.29, 1.82) is 0 Å². The predicted octanol–water partition coefficient (Wildman–Crippen LogP) is 5.73. The molecule has 3 saturated heterocycles. The quantitative estimate of drug-likeness (QED) is 0.233. The normalized spacial score (nSPS) is 25.0. The summed E-state index contributed by atoms with van der Waals surface area (Å²) in [5, 5.41) is 6.73. The van der Waals surface area contributed by atoms with Crippen LogP contribution in [0, 0.1) is 5.82 Å². The van der Waals surface area contributed by atoms with Gasteiger partial charge in [-0.05, 0) is 47.7 Å². The third-order valence-electron chi connectivity index (χ3n) is 11.5. The van der Waals surface area contributed by atoms with Gasteiger partial charge in [0.25, 0.3) is 17.8 Å². The lowest BCUT2D eigenvalue weighted by molar-refractivity contribution is -0.307. The summed E-state index contributed by atoms with van der Waals surface area (Å²) in [5.41, 5.74) is -5.68. The number of nitrogens with zero attached hydrogens (tertiary/aromatic N) is 5. The van der Waals surface area contributed by atoms with Crippen LogP contribution in [0.15, 0.2) is 54.9 Å². The Hall–Kier alpha value is -4.58. The first-order valence-electron chi connectivity index (χ1n) is 17.4. The summed E-state index contributed by atoms with van der Waals surface area (Å²) >= 11 is 0. The van der Waals surface area contributed by atoms with Gasteiger partial charge in [0.05, 0.1) is 37.9 Å². The van der Waals surface area contributed by atoms with Gasteiger partial charge in [-0.3, -0.25) is 24.1 Å².